The standard InChI is InChI=1S/C16H17FN2OS/c17-15-4-3-13(10-14(15)16(18)21)11-20-9-1-2-12-5-7-19-8-6-12/h3-8,10H,1-2,9,11H2,(H2,18,21). The number of hydrogen-bond acceptors (Lipinski definition) is 3. The van der Waals surface area contributed by atoms with E-state index < -0.39 is 5.82 Å². The van der Waals surface area contributed by atoms with E-state index in [4.69, 9.17) is 22.7 Å². The van der Waals surface area contributed by atoms with Gasteiger partial charge in [-0.15, -0.1) is 0 Å². The Morgan fingerprint density at radius 3 is 2.67 bits per heavy atom. The molecule has 0 bridgehead atoms. The zero-order chi connectivity index (χ0) is 15.1. The number of ether oxygens (including phenoxy) is 1. The normalized spacial score (nSPS) is 10.5. The number of nitrogens with zero attached hydrogens (tertiary/aromatic N) is 1. The highest BCUT2D eigenvalue weighted by atomic mass is 32.1. The second kappa shape index (κ2) is 7.81. The molecule has 0 aliphatic heterocycles. The molecule has 0 unspecified atom stereocenters. The van der Waals surface area contributed by atoms with Crippen LogP contribution in [0.5, 0.6) is 0 Å². The minimum atomic E-state index is -0.399. The van der Waals surface area contributed by atoms with Gasteiger partial charge in [-0.3, -0.25) is 4.98 Å². The van der Waals surface area contributed by atoms with Crippen LogP contribution >= 0.6 is 12.2 Å². The van der Waals surface area contributed by atoms with Gasteiger partial charge in [0.1, 0.15) is 10.8 Å². The van der Waals surface area contributed by atoms with Gasteiger partial charge < -0.3 is 10.5 Å². The van der Waals surface area contributed by atoms with Gasteiger partial charge in [0.05, 0.1) is 6.61 Å². The van der Waals surface area contributed by atoms with Crippen molar-refractivity contribution < 1.29 is 9.13 Å². The summed E-state index contributed by atoms with van der Waals surface area (Å²) in [5, 5.41) is 0. The van der Waals surface area contributed by atoms with Crippen LogP contribution in [0.1, 0.15) is 23.1 Å². The average molecular weight is 304 g/mol. The summed E-state index contributed by atoms with van der Waals surface area (Å²) in [7, 11) is 0. The Labute approximate surface area is 129 Å². The van der Waals surface area contributed by atoms with E-state index in [0.29, 0.717) is 13.2 Å². The number of halogens is 1. The van der Waals surface area contributed by atoms with E-state index >= 15 is 0 Å². The van der Waals surface area contributed by atoms with Crippen LogP contribution in [0, 0.1) is 5.82 Å². The Kier molecular flexibility index (Phi) is 5.78. The molecule has 0 saturated heterocycles. The van der Waals surface area contributed by atoms with Crippen molar-refractivity contribution in [2.75, 3.05) is 6.61 Å². The molecule has 2 rings (SSSR count). The number of hydrogen-bond donors (Lipinski definition) is 1. The predicted molar refractivity (Wildman–Crippen MR) is 84.5 cm³/mol. The first-order valence-electron chi connectivity index (χ1n) is 6.71. The van der Waals surface area contributed by atoms with Crippen molar-refractivity contribution in [3.63, 3.8) is 0 Å². The molecule has 110 valence electrons. The lowest BCUT2D eigenvalue weighted by Crippen LogP contribution is -2.12. The Morgan fingerprint density at radius 1 is 1.19 bits per heavy atom. The van der Waals surface area contributed by atoms with E-state index in [9.17, 15) is 4.39 Å². The molecule has 5 heteroatoms. The number of pyridine rings is 1. The Morgan fingerprint density at radius 2 is 1.95 bits per heavy atom. The fraction of sp³-hybridized carbons (Fsp3) is 0.250. The number of thiocarbonyl (C=S) groups is 1. The molecule has 0 aliphatic carbocycles. The van der Waals surface area contributed by atoms with Crippen molar-refractivity contribution >= 4 is 17.2 Å². The maximum Gasteiger partial charge on any atom is 0.133 e. The topological polar surface area (TPSA) is 48.1 Å². The third-order valence-corrected chi connectivity index (χ3v) is 3.29. The molecule has 0 fully saturated rings. The fourth-order valence-corrected chi connectivity index (χ4v) is 2.13. The molecular weight excluding hydrogens is 287 g/mol. The number of nitrogens with two attached hydrogens (primary N) is 1. The predicted octanol–water partition coefficient (Wildman–Crippen LogP) is 3.00. The molecule has 1 aromatic carbocycles. The third kappa shape index (κ3) is 4.88. The minimum absolute atomic E-state index is 0.0621. The summed E-state index contributed by atoms with van der Waals surface area (Å²) >= 11 is 4.81. The quantitative estimate of drug-likeness (QED) is 0.631. The number of aromatic nitrogens is 1. The molecule has 21 heavy (non-hydrogen) atoms. The van der Waals surface area contributed by atoms with Crippen molar-refractivity contribution in [2.24, 2.45) is 5.73 Å². The first kappa shape index (κ1) is 15.5. The van der Waals surface area contributed by atoms with Gasteiger partial charge in [-0.2, -0.15) is 0 Å². The SMILES string of the molecule is NC(=S)c1cc(COCCCc2ccncc2)ccc1F. The van der Waals surface area contributed by atoms with E-state index in [1.807, 2.05) is 12.1 Å². The van der Waals surface area contributed by atoms with Crippen molar-refractivity contribution in [3.05, 3.63) is 65.2 Å². The second-order valence-corrected chi connectivity index (χ2v) is 5.13. The highest BCUT2D eigenvalue weighted by Gasteiger charge is 2.06. The van der Waals surface area contributed by atoms with Gasteiger partial charge in [0.15, 0.2) is 0 Å². The zero-order valence-electron chi connectivity index (χ0n) is 11.6. The summed E-state index contributed by atoms with van der Waals surface area (Å²) in [5.74, 6) is -0.399. The van der Waals surface area contributed by atoms with E-state index in [0.717, 1.165) is 18.4 Å². The molecule has 1 heterocycles. The number of benzene rings is 1. The lowest BCUT2D eigenvalue weighted by molar-refractivity contribution is 0.118. The first-order valence-corrected chi connectivity index (χ1v) is 7.12. The molecule has 0 atom stereocenters. The second-order valence-electron chi connectivity index (χ2n) is 4.69. The van der Waals surface area contributed by atoms with Gasteiger partial charge >= 0.3 is 0 Å². The van der Waals surface area contributed by atoms with Crippen molar-refractivity contribution in [1.82, 2.24) is 4.98 Å². The molecule has 2 N–H and O–H groups in total. The summed E-state index contributed by atoms with van der Waals surface area (Å²) in [6.07, 6.45) is 5.44. The Hall–Kier alpha value is -1.85. The molecule has 3 nitrogen and oxygen atoms in total. The number of rotatable bonds is 7. The van der Waals surface area contributed by atoms with Crippen LogP contribution in [0.3, 0.4) is 0 Å². The smallest absolute Gasteiger partial charge is 0.133 e. The van der Waals surface area contributed by atoms with Crippen LogP contribution in [0.25, 0.3) is 0 Å². The maximum atomic E-state index is 13.4. The van der Waals surface area contributed by atoms with Crippen molar-refractivity contribution in [1.29, 1.82) is 0 Å². The Bertz CT molecular complexity index is 604. The monoisotopic (exact) mass is 304 g/mol. The van der Waals surface area contributed by atoms with Gasteiger partial charge in [0.25, 0.3) is 0 Å². The van der Waals surface area contributed by atoms with E-state index in [1.165, 1.54) is 11.6 Å². The Balaban J connectivity index is 1.76. The summed E-state index contributed by atoms with van der Waals surface area (Å²) in [6.45, 7) is 1.06. The van der Waals surface area contributed by atoms with Gasteiger partial charge in [-0.1, -0.05) is 18.3 Å². The molecule has 0 saturated carbocycles. The minimum Gasteiger partial charge on any atom is -0.389 e. The van der Waals surface area contributed by atoms with Gasteiger partial charge in [-0.05, 0) is 48.2 Å². The van der Waals surface area contributed by atoms with Crippen molar-refractivity contribution in [2.45, 2.75) is 19.4 Å². The molecular formula is C16H17FN2OS. The summed E-state index contributed by atoms with van der Waals surface area (Å²) < 4.78 is 19.0. The van der Waals surface area contributed by atoms with Gasteiger partial charge in [0, 0.05) is 24.6 Å². The molecule has 0 radical (unpaired) electrons. The average Bonchev–Trinajstić information content (AvgIpc) is 2.49. The van der Waals surface area contributed by atoms with Crippen LogP contribution in [-0.4, -0.2) is 16.6 Å². The molecule has 0 aliphatic rings. The molecule has 1 aromatic heterocycles. The lowest BCUT2D eigenvalue weighted by atomic mass is 10.1. The molecule has 2 aromatic rings. The van der Waals surface area contributed by atoms with Crippen LogP contribution in [0.4, 0.5) is 4.39 Å². The fourth-order valence-electron chi connectivity index (χ4n) is 1.97. The van der Waals surface area contributed by atoms with Crippen molar-refractivity contribution in [3.8, 4) is 0 Å². The van der Waals surface area contributed by atoms with E-state index in [1.54, 1.807) is 24.5 Å². The third-order valence-electron chi connectivity index (χ3n) is 3.07. The van der Waals surface area contributed by atoms with Crippen LogP contribution in [-0.2, 0) is 17.8 Å². The van der Waals surface area contributed by atoms with Gasteiger partial charge in [0.2, 0.25) is 0 Å². The zero-order valence-corrected chi connectivity index (χ0v) is 12.4. The molecule has 0 amide bonds. The van der Waals surface area contributed by atoms with E-state index in [2.05, 4.69) is 4.98 Å². The number of aryl methyl sites for hydroxylation is 1. The summed E-state index contributed by atoms with van der Waals surface area (Å²) in [5.41, 5.74) is 7.84. The summed E-state index contributed by atoms with van der Waals surface area (Å²) in [6, 6.07) is 8.67. The highest BCUT2D eigenvalue weighted by molar-refractivity contribution is 7.80. The largest absolute Gasteiger partial charge is 0.389 e. The van der Waals surface area contributed by atoms with Gasteiger partial charge in [-0.25, -0.2) is 4.39 Å². The maximum absolute atomic E-state index is 13.4. The van der Waals surface area contributed by atoms with E-state index in [-0.39, 0.29) is 10.6 Å². The van der Waals surface area contributed by atoms with Crippen LogP contribution in [0.15, 0.2) is 42.7 Å². The van der Waals surface area contributed by atoms with Crippen LogP contribution in [0.2, 0.25) is 0 Å². The lowest BCUT2D eigenvalue weighted by Gasteiger charge is -2.07. The van der Waals surface area contributed by atoms with Crippen LogP contribution < -0.4 is 5.73 Å². The first-order chi connectivity index (χ1) is 10.2. The highest BCUT2D eigenvalue weighted by Crippen LogP contribution is 2.12. The molecule has 0 spiro atoms. The summed E-state index contributed by atoms with van der Waals surface area (Å²) in [4.78, 5) is 4.04.